The van der Waals surface area contributed by atoms with Crippen LogP contribution in [0.1, 0.15) is 35.7 Å². The van der Waals surface area contributed by atoms with E-state index in [9.17, 15) is 4.39 Å². The highest BCUT2D eigenvalue weighted by molar-refractivity contribution is 5.47. The summed E-state index contributed by atoms with van der Waals surface area (Å²) in [6, 6.07) is 7.16. The molecule has 6 heteroatoms. The molecule has 0 spiro atoms. The number of fused-ring (bicyclic) bond motifs is 1. The van der Waals surface area contributed by atoms with Crippen LogP contribution in [0.15, 0.2) is 30.6 Å². The minimum Gasteiger partial charge on any atom is -0.368 e. The van der Waals surface area contributed by atoms with Crippen molar-refractivity contribution < 1.29 is 4.39 Å². The molecule has 1 saturated heterocycles. The number of nitrogens with one attached hydrogen (secondary N) is 2. The Hall–Kier alpha value is -2.05. The molecular weight excluding hydrogens is 329 g/mol. The highest BCUT2D eigenvalue weighted by Crippen LogP contribution is 2.28. The number of halogens is 1. The van der Waals surface area contributed by atoms with Crippen LogP contribution in [0, 0.1) is 5.82 Å². The molecule has 4 rings (SSSR count). The summed E-state index contributed by atoms with van der Waals surface area (Å²) in [7, 11) is 0. The number of rotatable bonds is 5. The van der Waals surface area contributed by atoms with Crippen LogP contribution in [-0.2, 0) is 12.8 Å². The number of hydrogen-bond acceptors (Lipinski definition) is 5. The van der Waals surface area contributed by atoms with Crippen molar-refractivity contribution in [1.82, 2.24) is 20.2 Å². The zero-order valence-corrected chi connectivity index (χ0v) is 15.0. The lowest BCUT2D eigenvalue weighted by Crippen LogP contribution is -2.32. The first-order chi connectivity index (χ1) is 12.8. The Balaban J connectivity index is 1.57. The second kappa shape index (κ2) is 8.10. The Morgan fingerprint density at radius 2 is 1.92 bits per heavy atom. The lowest BCUT2D eigenvalue weighted by Gasteiger charge is -2.29. The van der Waals surface area contributed by atoms with Crippen molar-refractivity contribution in [3.63, 3.8) is 0 Å². The van der Waals surface area contributed by atoms with E-state index in [0.717, 1.165) is 56.1 Å². The summed E-state index contributed by atoms with van der Waals surface area (Å²) in [5.74, 6) is 0.774. The topological polar surface area (TPSA) is 53.1 Å². The summed E-state index contributed by atoms with van der Waals surface area (Å²) >= 11 is 0. The smallest absolute Gasteiger partial charge is 0.132 e. The number of nitrogens with zero attached hydrogens (tertiary/aromatic N) is 3. The summed E-state index contributed by atoms with van der Waals surface area (Å²) in [5, 5.41) is 6.93. The average molecular weight is 355 g/mol. The third kappa shape index (κ3) is 3.71. The van der Waals surface area contributed by atoms with Crippen LogP contribution < -0.4 is 10.6 Å². The molecule has 0 amide bonds. The lowest BCUT2D eigenvalue weighted by molar-refractivity contribution is 0.250. The third-order valence-electron chi connectivity index (χ3n) is 5.43. The number of benzene rings is 1. The number of aromatic nitrogens is 2. The number of anilines is 1. The fraction of sp³-hybridized carbons (Fsp3) is 0.500. The van der Waals surface area contributed by atoms with Gasteiger partial charge in [-0.05, 0) is 45.0 Å². The summed E-state index contributed by atoms with van der Waals surface area (Å²) in [4.78, 5) is 11.3. The van der Waals surface area contributed by atoms with Gasteiger partial charge in [0.15, 0.2) is 0 Å². The average Bonchev–Trinajstić information content (AvgIpc) is 3.08. The van der Waals surface area contributed by atoms with Crippen LogP contribution in [0.3, 0.4) is 0 Å². The van der Waals surface area contributed by atoms with Gasteiger partial charge in [-0.3, -0.25) is 4.90 Å². The van der Waals surface area contributed by atoms with E-state index >= 15 is 0 Å². The van der Waals surface area contributed by atoms with Crippen molar-refractivity contribution in [2.75, 3.05) is 38.0 Å². The monoisotopic (exact) mass is 355 g/mol. The Labute approximate surface area is 154 Å². The van der Waals surface area contributed by atoms with Gasteiger partial charge in [0.1, 0.15) is 18.0 Å². The maximum Gasteiger partial charge on any atom is 0.132 e. The van der Waals surface area contributed by atoms with E-state index in [0.29, 0.717) is 6.54 Å². The summed E-state index contributed by atoms with van der Waals surface area (Å²) in [6.07, 6.45) is 5.85. The molecule has 138 valence electrons. The highest BCUT2D eigenvalue weighted by atomic mass is 19.1. The molecule has 2 aliphatic rings. The molecule has 2 aromatic rings. The van der Waals surface area contributed by atoms with Gasteiger partial charge in [-0.15, -0.1) is 0 Å². The van der Waals surface area contributed by atoms with Gasteiger partial charge < -0.3 is 10.6 Å². The molecule has 0 aliphatic carbocycles. The van der Waals surface area contributed by atoms with Crippen molar-refractivity contribution in [2.45, 2.75) is 31.7 Å². The zero-order valence-electron chi connectivity index (χ0n) is 15.0. The second-order valence-electron chi connectivity index (χ2n) is 7.06. The minimum atomic E-state index is -0.128. The van der Waals surface area contributed by atoms with Gasteiger partial charge in [0.25, 0.3) is 0 Å². The molecule has 0 radical (unpaired) electrons. The first kappa shape index (κ1) is 17.4. The number of hydrogen-bond donors (Lipinski definition) is 2. The molecule has 2 aliphatic heterocycles. The highest BCUT2D eigenvalue weighted by Gasteiger charge is 2.26. The van der Waals surface area contributed by atoms with Gasteiger partial charge in [-0.1, -0.05) is 18.2 Å². The van der Waals surface area contributed by atoms with Crippen LogP contribution in [-0.4, -0.2) is 47.6 Å². The first-order valence-corrected chi connectivity index (χ1v) is 9.59. The standard InChI is InChI=1S/C20H26FN5/c21-17-6-2-1-5-15(17)19(26-11-3-4-12-26)13-23-20-16-7-9-22-10-8-18(16)24-14-25-20/h1-2,5-6,14,19,22H,3-4,7-13H2,(H,23,24,25). The van der Waals surface area contributed by atoms with Crippen molar-refractivity contribution in [3.05, 3.63) is 53.2 Å². The molecule has 26 heavy (non-hydrogen) atoms. The molecular formula is C20H26FN5. The molecule has 1 fully saturated rings. The van der Waals surface area contributed by atoms with Gasteiger partial charge >= 0.3 is 0 Å². The lowest BCUT2D eigenvalue weighted by atomic mass is 10.0. The van der Waals surface area contributed by atoms with Gasteiger partial charge in [-0.2, -0.15) is 0 Å². The van der Waals surface area contributed by atoms with Gasteiger partial charge in [0.2, 0.25) is 0 Å². The zero-order chi connectivity index (χ0) is 17.8. The fourth-order valence-corrected chi connectivity index (χ4v) is 4.05. The van der Waals surface area contributed by atoms with Gasteiger partial charge in [-0.25, -0.2) is 14.4 Å². The normalized spacial score (nSPS) is 19.0. The molecule has 1 aromatic heterocycles. The predicted octanol–water partition coefficient (Wildman–Crippen LogP) is 2.55. The first-order valence-electron chi connectivity index (χ1n) is 9.59. The van der Waals surface area contributed by atoms with Crippen LogP contribution >= 0.6 is 0 Å². The summed E-state index contributed by atoms with van der Waals surface area (Å²) < 4.78 is 14.5. The summed E-state index contributed by atoms with van der Waals surface area (Å²) in [6.45, 7) is 4.59. The molecule has 1 aromatic carbocycles. The maximum absolute atomic E-state index is 14.5. The second-order valence-corrected chi connectivity index (χ2v) is 7.06. The Morgan fingerprint density at radius 3 is 2.77 bits per heavy atom. The predicted molar refractivity (Wildman–Crippen MR) is 101 cm³/mol. The van der Waals surface area contributed by atoms with Crippen molar-refractivity contribution in [2.24, 2.45) is 0 Å². The van der Waals surface area contributed by atoms with E-state index in [2.05, 4.69) is 25.5 Å². The molecule has 2 N–H and O–H groups in total. The molecule has 3 heterocycles. The Morgan fingerprint density at radius 1 is 1.12 bits per heavy atom. The molecule has 0 bridgehead atoms. The number of likely N-dealkylation sites (tertiary alicyclic amines) is 1. The minimum absolute atomic E-state index is 0.0215. The van der Waals surface area contributed by atoms with Crippen molar-refractivity contribution >= 4 is 5.82 Å². The van der Waals surface area contributed by atoms with Crippen LogP contribution in [0.2, 0.25) is 0 Å². The van der Waals surface area contributed by atoms with Crippen LogP contribution in [0.5, 0.6) is 0 Å². The van der Waals surface area contributed by atoms with E-state index < -0.39 is 0 Å². The Bertz CT molecular complexity index is 745. The molecule has 0 saturated carbocycles. The van der Waals surface area contributed by atoms with E-state index in [1.54, 1.807) is 18.5 Å². The van der Waals surface area contributed by atoms with E-state index in [1.165, 1.54) is 18.4 Å². The van der Waals surface area contributed by atoms with E-state index in [4.69, 9.17) is 0 Å². The largest absolute Gasteiger partial charge is 0.368 e. The van der Waals surface area contributed by atoms with Crippen LogP contribution in [0.25, 0.3) is 0 Å². The maximum atomic E-state index is 14.5. The van der Waals surface area contributed by atoms with Crippen molar-refractivity contribution in [3.8, 4) is 0 Å². The van der Waals surface area contributed by atoms with Crippen LogP contribution in [0.4, 0.5) is 10.2 Å². The molecule has 5 nitrogen and oxygen atoms in total. The summed E-state index contributed by atoms with van der Waals surface area (Å²) in [5.41, 5.74) is 3.09. The van der Waals surface area contributed by atoms with Gasteiger partial charge in [0, 0.05) is 30.6 Å². The quantitative estimate of drug-likeness (QED) is 0.863. The molecule has 1 atom stereocenters. The SMILES string of the molecule is Fc1ccccc1C(CNc1ncnc2c1CCNCC2)N1CCCC1. The van der Waals surface area contributed by atoms with E-state index in [-0.39, 0.29) is 11.9 Å². The fourth-order valence-electron chi connectivity index (χ4n) is 4.05. The van der Waals surface area contributed by atoms with E-state index in [1.807, 2.05) is 12.1 Å². The molecule has 1 unspecified atom stereocenters. The third-order valence-corrected chi connectivity index (χ3v) is 5.43. The van der Waals surface area contributed by atoms with Crippen molar-refractivity contribution in [1.29, 1.82) is 0 Å². The Kier molecular flexibility index (Phi) is 5.41. The van der Waals surface area contributed by atoms with Gasteiger partial charge in [0.05, 0.1) is 11.7 Å².